The van der Waals surface area contributed by atoms with Crippen molar-refractivity contribution >= 4 is 0 Å². The quantitative estimate of drug-likeness (QED) is 0.794. The number of nitrogens with one attached hydrogen (secondary N) is 1. The predicted molar refractivity (Wildman–Crippen MR) is 65.4 cm³/mol. The van der Waals surface area contributed by atoms with Gasteiger partial charge in [0.05, 0.1) is 12.2 Å². The number of hydrogen-bond donors (Lipinski definition) is 1. The molecule has 0 aromatic heterocycles. The van der Waals surface area contributed by atoms with Crippen molar-refractivity contribution in [2.24, 2.45) is 11.8 Å². The van der Waals surface area contributed by atoms with Gasteiger partial charge >= 0.3 is 0 Å². The minimum Gasteiger partial charge on any atom is -0.375 e. The van der Waals surface area contributed by atoms with E-state index in [4.69, 9.17) is 4.74 Å². The maximum absolute atomic E-state index is 5.91. The van der Waals surface area contributed by atoms with Crippen LogP contribution in [0.4, 0.5) is 0 Å². The summed E-state index contributed by atoms with van der Waals surface area (Å²) in [6.45, 7) is 3.60. The fourth-order valence-corrected chi connectivity index (χ4v) is 3.90. The SMILES string of the molecule is CC1CCCC(NCC2CC3CCC2O3)C1. The van der Waals surface area contributed by atoms with Gasteiger partial charge in [0.1, 0.15) is 0 Å². The Morgan fingerprint density at radius 3 is 2.75 bits per heavy atom. The molecule has 3 rings (SSSR count). The Balaban J connectivity index is 1.42. The molecule has 1 N–H and O–H groups in total. The highest BCUT2D eigenvalue weighted by Crippen LogP contribution is 2.38. The molecule has 2 heteroatoms. The molecular weight excluding hydrogens is 198 g/mol. The molecule has 1 aliphatic carbocycles. The van der Waals surface area contributed by atoms with E-state index in [2.05, 4.69) is 12.2 Å². The molecule has 0 aromatic carbocycles. The van der Waals surface area contributed by atoms with Crippen molar-refractivity contribution < 1.29 is 4.74 Å². The molecule has 0 aromatic rings. The zero-order valence-corrected chi connectivity index (χ0v) is 10.5. The van der Waals surface area contributed by atoms with Gasteiger partial charge in [0, 0.05) is 18.5 Å². The van der Waals surface area contributed by atoms with E-state index in [-0.39, 0.29) is 0 Å². The average Bonchev–Trinajstić information content (AvgIpc) is 2.88. The van der Waals surface area contributed by atoms with Gasteiger partial charge in [-0.15, -0.1) is 0 Å². The van der Waals surface area contributed by atoms with Crippen LogP contribution in [0.5, 0.6) is 0 Å². The second-order valence-corrected chi connectivity index (χ2v) is 6.25. The van der Waals surface area contributed by atoms with Crippen LogP contribution < -0.4 is 5.32 Å². The van der Waals surface area contributed by atoms with E-state index in [0.29, 0.717) is 12.2 Å². The summed E-state index contributed by atoms with van der Waals surface area (Å²) < 4.78 is 5.91. The van der Waals surface area contributed by atoms with E-state index in [0.717, 1.165) is 17.9 Å². The minimum absolute atomic E-state index is 0.596. The summed E-state index contributed by atoms with van der Waals surface area (Å²) in [6, 6.07) is 0.794. The molecule has 5 unspecified atom stereocenters. The molecule has 92 valence electrons. The third kappa shape index (κ3) is 2.28. The van der Waals surface area contributed by atoms with Crippen molar-refractivity contribution in [1.82, 2.24) is 5.32 Å². The first-order valence-corrected chi connectivity index (χ1v) is 7.20. The van der Waals surface area contributed by atoms with Gasteiger partial charge in [-0.05, 0) is 38.0 Å². The Kier molecular flexibility index (Phi) is 3.21. The van der Waals surface area contributed by atoms with E-state index < -0.39 is 0 Å². The molecule has 2 bridgehead atoms. The van der Waals surface area contributed by atoms with Crippen LogP contribution in [0.15, 0.2) is 0 Å². The summed E-state index contributed by atoms with van der Waals surface area (Å²) >= 11 is 0. The van der Waals surface area contributed by atoms with Crippen molar-refractivity contribution in [3.05, 3.63) is 0 Å². The van der Waals surface area contributed by atoms with E-state index >= 15 is 0 Å². The van der Waals surface area contributed by atoms with Gasteiger partial charge in [0.2, 0.25) is 0 Å². The first-order valence-electron chi connectivity index (χ1n) is 7.20. The number of hydrogen-bond acceptors (Lipinski definition) is 2. The maximum atomic E-state index is 5.91. The standard InChI is InChI=1S/C14H25NO/c1-10-3-2-4-12(7-10)15-9-11-8-13-5-6-14(11)16-13/h10-15H,2-9H2,1H3. The molecule has 3 fully saturated rings. The Labute approximate surface area is 99.1 Å². The summed E-state index contributed by atoms with van der Waals surface area (Å²) in [6.07, 6.45) is 10.8. The lowest BCUT2D eigenvalue weighted by atomic mass is 9.85. The van der Waals surface area contributed by atoms with Crippen molar-refractivity contribution in [3.63, 3.8) is 0 Å². The smallest absolute Gasteiger partial charge is 0.0621 e. The van der Waals surface area contributed by atoms with Crippen molar-refractivity contribution in [3.8, 4) is 0 Å². The highest BCUT2D eigenvalue weighted by molar-refractivity contribution is 4.91. The van der Waals surface area contributed by atoms with Gasteiger partial charge < -0.3 is 10.1 Å². The first-order chi connectivity index (χ1) is 7.81. The topological polar surface area (TPSA) is 21.3 Å². The molecule has 2 aliphatic heterocycles. The fraction of sp³-hybridized carbons (Fsp3) is 1.00. The van der Waals surface area contributed by atoms with E-state index in [1.807, 2.05) is 0 Å². The Morgan fingerprint density at radius 2 is 2.06 bits per heavy atom. The number of ether oxygens (including phenoxy) is 1. The summed E-state index contributed by atoms with van der Waals surface area (Å²) in [5.41, 5.74) is 0. The summed E-state index contributed by atoms with van der Waals surface area (Å²) in [4.78, 5) is 0. The third-order valence-corrected chi connectivity index (χ3v) is 4.84. The molecule has 16 heavy (non-hydrogen) atoms. The first kappa shape index (κ1) is 11.0. The van der Waals surface area contributed by atoms with E-state index in [1.54, 1.807) is 0 Å². The van der Waals surface area contributed by atoms with Crippen LogP contribution in [0.3, 0.4) is 0 Å². The predicted octanol–water partition coefficient (Wildman–Crippen LogP) is 2.72. The Hall–Kier alpha value is -0.0800. The van der Waals surface area contributed by atoms with Crippen LogP contribution in [0, 0.1) is 11.8 Å². The van der Waals surface area contributed by atoms with Crippen LogP contribution in [0.1, 0.15) is 51.9 Å². The van der Waals surface area contributed by atoms with Crippen LogP contribution >= 0.6 is 0 Å². The van der Waals surface area contributed by atoms with Crippen LogP contribution in [-0.4, -0.2) is 24.8 Å². The lowest BCUT2D eigenvalue weighted by molar-refractivity contribution is 0.0915. The lowest BCUT2D eigenvalue weighted by Gasteiger charge is -2.29. The molecule has 1 saturated carbocycles. The Bertz CT molecular complexity index is 243. The molecule has 0 spiro atoms. The fourth-order valence-electron chi connectivity index (χ4n) is 3.90. The van der Waals surface area contributed by atoms with Crippen molar-refractivity contribution in [2.45, 2.75) is 70.1 Å². The molecule has 2 nitrogen and oxygen atoms in total. The highest BCUT2D eigenvalue weighted by Gasteiger charge is 2.40. The zero-order valence-electron chi connectivity index (χ0n) is 10.5. The summed E-state index contributed by atoms with van der Waals surface area (Å²) in [5, 5.41) is 3.80. The van der Waals surface area contributed by atoms with E-state index in [1.165, 1.54) is 51.5 Å². The normalized spacial score (nSPS) is 47.4. The number of rotatable bonds is 3. The zero-order chi connectivity index (χ0) is 11.0. The lowest BCUT2D eigenvalue weighted by Crippen LogP contribution is -2.38. The number of fused-ring (bicyclic) bond motifs is 2. The van der Waals surface area contributed by atoms with Crippen molar-refractivity contribution in [2.75, 3.05) is 6.54 Å². The molecular formula is C14H25NO. The molecule has 0 amide bonds. The molecule has 3 aliphatic rings. The van der Waals surface area contributed by atoms with Gasteiger partial charge in [-0.3, -0.25) is 0 Å². The van der Waals surface area contributed by atoms with Gasteiger partial charge in [0.15, 0.2) is 0 Å². The molecule has 2 saturated heterocycles. The van der Waals surface area contributed by atoms with Crippen LogP contribution in [0.25, 0.3) is 0 Å². The average molecular weight is 223 g/mol. The second kappa shape index (κ2) is 4.66. The molecule has 2 heterocycles. The monoisotopic (exact) mass is 223 g/mol. The molecule has 0 radical (unpaired) electrons. The second-order valence-electron chi connectivity index (χ2n) is 6.25. The molecule has 5 atom stereocenters. The van der Waals surface area contributed by atoms with Gasteiger partial charge in [-0.25, -0.2) is 0 Å². The third-order valence-electron chi connectivity index (χ3n) is 4.84. The van der Waals surface area contributed by atoms with Crippen LogP contribution in [-0.2, 0) is 4.74 Å². The van der Waals surface area contributed by atoms with Gasteiger partial charge in [-0.2, -0.15) is 0 Å². The van der Waals surface area contributed by atoms with Gasteiger partial charge in [-0.1, -0.05) is 19.8 Å². The highest BCUT2D eigenvalue weighted by atomic mass is 16.5. The summed E-state index contributed by atoms with van der Waals surface area (Å²) in [5.74, 6) is 1.75. The minimum atomic E-state index is 0.596. The van der Waals surface area contributed by atoms with E-state index in [9.17, 15) is 0 Å². The van der Waals surface area contributed by atoms with Crippen LogP contribution in [0.2, 0.25) is 0 Å². The maximum Gasteiger partial charge on any atom is 0.0621 e. The Morgan fingerprint density at radius 1 is 1.12 bits per heavy atom. The van der Waals surface area contributed by atoms with Gasteiger partial charge in [0.25, 0.3) is 0 Å². The van der Waals surface area contributed by atoms with Crippen molar-refractivity contribution in [1.29, 1.82) is 0 Å². The summed E-state index contributed by atoms with van der Waals surface area (Å²) in [7, 11) is 0. The largest absolute Gasteiger partial charge is 0.375 e.